The molecule has 1 nitrogen and oxygen atoms in total. The van der Waals surface area contributed by atoms with Crippen LogP contribution in [0.1, 0.15) is 58.3 Å². The Kier molecular flexibility index (Phi) is 10.2. The topological polar surface area (TPSA) is 9.23 Å². The fourth-order valence-electron chi connectivity index (χ4n) is 3.22. The van der Waals surface area contributed by atoms with E-state index < -0.39 is 8.32 Å². The van der Waals surface area contributed by atoms with Gasteiger partial charge in [-0.05, 0) is 42.4 Å². The van der Waals surface area contributed by atoms with Crippen LogP contribution in [0.2, 0.25) is 19.1 Å². The van der Waals surface area contributed by atoms with Crippen molar-refractivity contribution < 1.29 is 3.87 Å². The van der Waals surface area contributed by atoms with Crippen molar-refractivity contribution in [3.63, 3.8) is 0 Å². The molecule has 148 valence electrons. The van der Waals surface area contributed by atoms with E-state index in [1.54, 1.807) is 12.0 Å². The average molecular weight is 401 g/mol. The van der Waals surface area contributed by atoms with Crippen molar-refractivity contribution in [2.45, 2.75) is 82.3 Å². The molecular weight excluding hydrogens is 364 g/mol. The van der Waals surface area contributed by atoms with Gasteiger partial charge in [-0.3, -0.25) is 0 Å². The second-order valence-corrected chi connectivity index (χ2v) is 13.4. The van der Waals surface area contributed by atoms with E-state index in [0.29, 0.717) is 0 Å². The molecule has 0 fully saturated rings. The predicted octanol–water partition coefficient (Wildman–Crippen LogP) is 8.72. The third kappa shape index (κ3) is 9.14. The van der Waals surface area contributed by atoms with E-state index >= 15 is 0 Å². The quantitative estimate of drug-likeness (QED) is 0.189. The molecule has 0 heterocycles. The summed E-state index contributed by atoms with van der Waals surface area (Å²) in [4.78, 5) is 1.20. The largest absolute Gasteiger partial charge is 0.354 e. The van der Waals surface area contributed by atoms with E-state index in [2.05, 4.69) is 74.6 Å². The van der Waals surface area contributed by atoms with Crippen LogP contribution in [0, 0.1) is 0 Å². The molecule has 2 rings (SSSR count). The molecule has 2 aromatic rings. The first-order valence-corrected chi connectivity index (χ1v) is 14.5. The number of hydrogen-bond donors (Lipinski definition) is 0. The van der Waals surface area contributed by atoms with Gasteiger partial charge in [-0.25, -0.2) is 0 Å². The molecule has 0 atom stereocenters. The maximum Gasteiger partial charge on any atom is 0.205 e. The van der Waals surface area contributed by atoms with Gasteiger partial charge in [0.2, 0.25) is 8.32 Å². The highest BCUT2D eigenvalue weighted by Crippen LogP contribution is 2.29. The molecule has 0 aliphatic carbocycles. The lowest BCUT2D eigenvalue weighted by atomic mass is 10.1. The molecule has 0 unspecified atom stereocenters. The molecule has 2 aromatic carbocycles. The van der Waals surface area contributed by atoms with Gasteiger partial charge in [-0.2, -0.15) is 0 Å². The van der Waals surface area contributed by atoms with Gasteiger partial charge in [0, 0.05) is 16.9 Å². The van der Waals surface area contributed by atoms with Gasteiger partial charge in [0.1, 0.15) is 0 Å². The molecule has 0 saturated heterocycles. The van der Waals surface area contributed by atoms with Crippen molar-refractivity contribution in [3.05, 3.63) is 54.6 Å². The lowest BCUT2D eigenvalue weighted by Gasteiger charge is -2.21. The van der Waals surface area contributed by atoms with E-state index in [9.17, 15) is 0 Å². The van der Waals surface area contributed by atoms with Crippen LogP contribution in [0.25, 0.3) is 11.1 Å². The van der Waals surface area contributed by atoms with E-state index in [0.717, 1.165) is 0 Å². The Hall–Kier alpha value is -1.03. The van der Waals surface area contributed by atoms with Crippen molar-refractivity contribution in [3.8, 4) is 11.1 Å². The fourth-order valence-corrected chi connectivity index (χ4v) is 6.19. The van der Waals surface area contributed by atoms with E-state index in [-0.39, 0.29) is 0 Å². The second-order valence-electron chi connectivity index (χ2n) is 8.04. The standard InChI is InChI=1S/C24H36OSSi/c1-4-5-6-7-8-9-10-14-21-27(2,3)25-26-24-19-17-23(18-20-24)22-15-12-11-13-16-22/h11-13,15-20H,4-10,14,21H2,1-3H3. The summed E-state index contributed by atoms with van der Waals surface area (Å²) < 4.78 is 6.28. The summed E-state index contributed by atoms with van der Waals surface area (Å²) >= 11 is 1.57. The molecule has 0 saturated carbocycles. The average Bonchev–Trinajstić information content (AvgIpc) is 2.69. The Morgan fingerprint density at radius 3 is 1.89 bits per heavy atom. The van der Waals surface area contributed by atoms with Crippen LogP contribution in [0.15, 0.2) is 59.5 Å². The van der Waals surface area contributed by atoms with Gasteiger partial charge in [0.05, 0.1) is 0 Å². The zero-order chi connectivity index (χ0) is 19.4. The summed E-state index contributed by atoms with van der Waals surface area (Å²) in [6.07, 6.45) is 11.1. The first-order valence-electron chi connectivity index (χ1n) is 10.6. The Labute approximate surface area is 172 Å². The predicted molar refractivity (Wildman–Crippen MR) is 124 cm³/mol. The lowest BCUT2D eigenvalue weighted by molar-refractivity contribution is 0.573. The zero-order valence-electron chi connectivity index (χ0n) is 17.4. The summed E-state index contributed by atoms with van der Waals surface area (Å²) in [6.45, 7) is 6.97. The smallest absolute Gasteiger partial charge is 0.205 e. The van der Waals surface area contributed by atoms with E-state index in [4.69, 9.17) is 3.87 Å². The molecule has 0 amide bonds. The molecule has 0 aromatic heterocycles. The molecule has 0 N–H and O–H groups in total. The number of benzene rings is 2. The van der Waals surface area contributed by atoms with Crippen LogP contribution in [-0.2, 0) is 3.87 Å². The SMILES string of the molecule is CCCCCCCCCC[Si](C)(C)OSc1ccc(-c2ccccc2)cc1. The second kappa shape index (κ2) is 12.4. The monoisotopic (exact) mass is 400 g/mol. The van der Waals surface area contributed by atoms with Gasteiger partial charge < -0.3 is 3.87 Å². The summed E-state index contributed by atoms with van der Waals surface area (Å²) in [5.41, 5.74) is 2.52. The van der Waals surface area contributed by atoms with Crippen LogP contribution in [0.5, 0.6) is 0 Å². The van der Waals surface area contributed by atoms with Gasteiger partial charge in [-0.15, -0.1) is 0 Å². The third-order valence-electron chi connectivity index (χ3n) is 4.96. The fraction of sp³-hybridized carbons (Fsp3) is 0.500. The minimum absolute atomic E-state index is 1.20. The summed E-state index contributed by atoms with van der Waals surface area (Å²) in [7, 11) is -1.58. The van der Waals surface area contributed by atoms with Crippen molar-refractivity contribution >= 4 is 20.4 Å². The normalized spacial score (nSPS) is 11.7. The molecular formula is C24H36OSSi. The van der Waals surface area contributed by atoms with E-state index in [1.807, 2.05) is 0 Å². The molecule has 0 aliphatic heterocycles. The summed E-state index contributed by atoms with van der Waals surface area (Å²) in [5, 5.41) is 0. The molecule has 0 aliphatic rings. The first-order chi connectivity index (χ1) is 13.1. The maximum atomic E-state index is 6.28. The summed E-state index contributed by atoms with van der Waals surface area (Å²) in [6, 6.07) is 20.5. The zero-order valence-corrected chi connectivity index (χ0v) is 19.2. The Balaban J connectivity index is 1.65. The number of hydrogen-bond acceptors (Lipinski definition) is 2. The Morgan fingerprint density at radius 1 is 0.704 bits per heavy atom. The Bertz CT molecular complexity index is 625. The first kappa shape index (κ1) is 22.3. The molecule has 3 heteroatoms. The Morgan fingerprint density at radius 2 is 1.26 bits per heavy atom. The van der Waals surface area contributed by atoms with Gasteiger partial charge in [0.15, 0.2) is 0 Å². The highest BCUT2D eigenvalue weighted by molar-refractivity contribution is 7.95. The van der Waals surface area contributed by atoms with Crippen molar-refractivity contribution in [1.29, 1.82) is 0 Å². The minimum atomic E-state index is -1.58. The van der Waals surface area contributed by atoms with Crippen LogP contribution >= 0.6 is 12.0 Å². The van der Waals surface area contributed by atoms with Crippen LogP contribution in [0.3, 0.4) is 0 Å². The van der Waals surface area contributed by atoms with Crippen molar-refractivity contribution in [2.24, 2.45) is 0 Å². The summed E-state index contributed by atoms with van der Waals surface area (Å²) in [5.74, 6) is 0. The lowest BCUT2D eigenvalue weighted by Crippen LogP contribution is -2.26. The van der Waals surface area contributed by atoms with Gasteiger partial charge in [0.25, 0.3) is 0 Å². The highest BCUT2D eigenvalue weighted by atomic mass is 32.2. The van der Waals surface area contributed by atoms with E-state index in [1.165, 1.54) is 73.4 Å². The van der Waals surface area contributed by atoms with Crippen molar-refractivity contribution in [1.82, 2.24) is 0 Å². The molecule has 0 radical (unpaired) electrons. The molecule has 0 spiro atoms. The number of unbranched alkanes of at least 4 members (excludes halogenated alkanes) is 7. The third-order valence-corrected chi connectivity index (χ3v) is 9.12. The van der Waals surface area contributed by atoms with Crippen molar-refractivity contribution in [2.75, 3.05) is 0 Å². The molecule has 27 heavy (non-hydrogen) atoms. The van der Waals surface area contributed by atoms with Gasteiger partial charge in [-0.1, -0.05) is 101 Å². The van der Waals surface area contributed by atoms with Gasteiger partial charge >= 0.3 is 0 Å². The molecule has 0 bridgehead atoms. The minimum Gasteiger partial charge on any atom is -0.354 e. The number of rotatable bonds is 13. The highest BCUT2D eigenvalue weighted by Gasteiger charge is 2.23. The van der Waals surface area contributed by atoms with Crippen LogP contribution in [0.4, 0.5) is 0 Å². The van der Waals surface area contributed by atoms with Crippen LogP contribution < -0.4 is 0 Å². The van der Waals surface area contributed by atoms with Crippen LogP contribution in [-0.4, -0.2) is 8.32 Å². The maximum absolute atomic E-state index is 6.28.